The highest BCUT2D eigenvalue weighted by atomic mass is 32.1. The Morgan fingerprint density at radius 1 is 1.14 bits per heavy atom. The second kappa shape index (κ2) is 7.52. The second-order valence-electron chi connectivity index (χ2n) is 7.56. The quantitative estimate of drug-likeness (QED) is 0.588. The van der Waals surface area contributed by atoms with E-state index in [-0.39, 0.29) is 24.5 Å². The number of benzene rings is 2. The van der Waals surface area contributed by atoms with Gasteiger partial charge in [0, 0.05) is 19.5 Å². The molecule has 29 heavy (non-hydrogen) atoms. The van der Waals surface area contributed by atoms with Gasteiger partial charge in [-0.15, -0.1) is 11.3 Å². The molecule has 2 atom stereocenters. The summed E-state index contributed by atoms with van der Waals surface area (Å²) < 4.78 is 12.0. The van der Waals surface area contributed by atoms with Crippen LogP contribution in [0.5, 0.6) is 11.5 Å². The average molecular weight is 407 g/mol. The molecule has 0 N–H and O–H groups in total. The van der Waals surface area contributed by atoms with Gasteiger partial charge in [0.05, 0.1) is 21.1 Å². The van der Waals surface area contributed by atoms with Gasteiger partial charge in [-0.05, 0) is 42.7 Å². The predicted molar refractivity (Wildman–Crippen MR) is 113 cm³/mol. The molecule has 0 fully saturated rings. The van der Waals surface area contributed by atoms with Crippen LogP contribution in [0, 0.1) is 5.92 Å². The summed E-state index contributed by atoms with van der Waals surface area (Å²) in [5.41, 5.74) is 2.05. The molecule has 3 aromatic rings. The maximum absolute atomic E-state index is 13.3. The summed E-state index contributed by atoms with van der Waals surface area (Å²) in [5.74, 6) is 1.72. The Balaban J connectivity index is 1.36. The Morgan fingerprint density at radius 2 is 1.97 bits per heavy atom. The van der Waals surface area contributed by atoms with Gasteiger partial charge in [-0.2, -0.15) is 0 Å². The summed E-state index contributed by atoms with van der Waals surface area (Å²) in [5, 5.41) is 1.06. The van der Waals surface area contributed by atoms with Gasteiger partial charge in [0.1, 0.15) is 0 Å². The van der Waals surface area contributed by atoms with Crippen LogP contribution in [-0.2, 0) is 11.3 Å². The molecule has 1 aromatic heterocycles. The van der Waals surface area contributed by atoms with Crippen LogP contribution in [0.25, 0.3) is 10.2 Å². The van der Waals surface area contributed by atoms with Crippen molar-refractivity contribution in [3.05, 3.63) is 65.2 Å². The monoisotopic (exact) mass is 406 g/mol. The molecule has 148 valence electrons. The Hall–Kier alpha value is -2.86. The summed E-state index contributed by atoms with van der Waals surface area (Å²) in [6.07, 6.45) is 5.91. The number of thiazole rings is 1. The van der Waals surface area contributed by atoms with E-state index in [1.165, 1.54) is 4.70 Å². The van der Waals surface area contributed by atoms with E-state index >= 15 is 0 Å². The van der Waals surface area contributed by atoms with Gasteiger partial charge in [0.15, 0.2) is 11.5 Å². The largest absolute Gasteiger partial charge is 0.454 e. The summed E-state index contributed by atoms with van der Waals surface area (Å²) in [6, 6.07) is 14.0. The van der Waals surface area contributed by atoms with Crippen LogP contribution in [-0.4, -0.2) is 29.6 Å². The topological polar surface area (TPSA) is 51.7 Å². The maximum atomic E-state index is 13.3. The first-order chi connectivity index (χ1) is 14.2. The molecule has 2 aliphatic rings. The lowest BCUT2D eigenvalue weighted by Crippen LogP contribution is -2.36. The van der Waals surface area contributed by atoms with E-state index in [0.717, 1.165) is 40.4 Å². The SMILES string of the molecule is CN(Cc1ccc2c(c1)OCO2)C(=O)C1CC=CCC1c1nc2ccccc2s1. The number of rotatable bonds is 4. The molecule has 0 bridgehead atoms. The molecular weight excluding hydrogens is 384 g/mol. The van der Waals surface area contributed by atoms with Crippen molar-refractivity contribution in [2.45, 2.75) is 25.3 Å². The zero-order chi connectivity index (χ0) is 19.8. The van der Waals surface area contributed by atoms with Crippen molar-refractivity contribution in [2.75, 3.05) is 13.8 Å². The lowest BCUT2D eigenvalue weighted by molar-refractivity contribution is -0.135. The van der Waals surface area contributed by atoms with Gasteiger partial charge in [-0.25, -0.2) is 4.98 Å². The van der Waals surface area contributed by atoms with Crippen LogP contribution in [0.15, 0.2) is 54.6 Å². The van der Waals surface area contributed by atoms with Gasteiger partial charge in [0.25, 0.3) is 0 Å². The number of carbonyl (C=O) groups excluding carboxylic acids is 1. The minimum atomic E-state index is -0.0837. The number of hydrogen-bond donors (Lipinski definition) is 0. The summed E-state index contributed by atoms with van der Waals surface area (Å²) in [6.45, 7) is 0.800. The molecule has 1 aliphatic carbocycles. The minimum Gasteiger partial charge on any atom is -0.454 e. The normalized spacial score (nSPS) is 20.2. The molecule has 1 aliphatic heterocycles. The van der Waals surface area contributed by atoms with Crippen molar-refractivity contribution in [3.63, 3.8) is 0 Å². The third kappa shape index (κ3) is 3.49. The smallest absolute Gasteiger partial charge is 0.231 e. The molecule has 2 aromatic carbocycles. The van der Waals surface area contributed by atoms with Crippen LogP contribution >= 0.6 is 11.3 Å². The van der Waals surface area contributed by atoms with E-state index < -0.39 is 0 Å². The van der Waals surface area contributed by atoms with Gasteiger partial charge >= 0.3 is 0 Å². The van der Waals surface area contributed by atoms with E-state index in [4.69, 9.17) is 14.5 Å². The number of para-hydroxylation sites is 1. The van der Waals surface area contributed by atoms with Crippen LogP contribution in [0.4, 0.5) is 0 Å². The lowest BCUT2D eigenvalue weighted by Gasteiger charge is -2.30. The summed E-state index contributed by atoms with van der Waals surface area (Å²) in [7, 11) is 1.88. The zero-order valence-corrected chi connectivity index (χ0v) is 17.0. The molecule has 0 spiro atoms. The Kier molecular flexibility index (Phi) is 4.72. The molecule has 2 heterocycles. The molecule has 0 saturated heterocycles. The number of hydrogen-bond acceptors (Lipinski definition) is 5. The van der Waals surface area contributed by atoms with Crippen molar-refractivity contribution in [2.24, 2.45) is 5.92 Å². The van der Waals surface area contributed by atoms with Gasteiger partial charge in [-0.1, -0.05) is 30.4 Å². The van der Waals surface area contributed by atoms with E-state index in [2.05, 4.69) is 18.2 Å². The first kappa shape index (κ1) is 18.2. The van der Waals surface area contributed by atoms with Crippen molar-refractivity contribution in [1.29, 1.82) is 0 Å². The zero-order valence-electron chi connectivity index (χ0n) is 16.2. The van der Waals surface area contributed by atoms with Crippen LogP contribution in [0.1, 0.15) is 29.3 Å². The Morgan fingerprint density at radius 3 is 2.86 bits per heavy atom. The van der Waals surface area contributed by atoms with Gasteiger partial charge < -0.3 is 14.4 Å². The van der Waals surface area contributed by atoms with Crippen molar-refractivity contribution < 1.29 is 14.3 Å². The van der Waals surface area contributed by atoms with Crippen LogP contribution < -0.4 is 9.47 Å². The van der Waals surface area contributed by atoms with Gasteiger partial charge in [0.2, 0.25) is 12.7 Å². The van der Waals surface area contributed by atoms with E-state index in [9.17, 15) is 4.79 Å². The summed E-state index contributed by atoms with van der Waals surface area (Å²) >= 11 is 1.71. The molecule has 2 unspecified atom stereocenters. The third-order valence-corrected chi connectivity index (χ3v) is 6.78. The molecule has 1 amide bonds. The van der Waals surface area contributed by atoms with Crippen LogP contribution in [0.3, 0.4) is 0 Å². The molecule has 0 saturated carbocycles. The fourth-order valence-corrected chi connectivity index (χ4v) is 5.23. The number of aromatic nitrogens is 1. The molecular formula is C23H22N2O3S. The first-order valence-corrected chi connectivity index (χ1v) is 10.6. The third-order valence-electron chi connectivity index (χ3n) is 5.61. The maximum Gasteiger partial charge on any atom is 0.231 e. The molecule has 6 heteroatoms. The average Bonchev–Trinajstić information content (AvgIpc) is 3.39. The minimum absolute atomic E-state index is 0.0837. The standard InChI is InChI=1S/C23H22N2O3S/c1-25(13-15-10-11-19-20(12-15)28-14-27-19)23(26)17-7-3-2-6-16(17)22-24-18-8-4-5-9-21(18)29-22/h2-5,8-12,16-17H,6-7,13-14H2,1H3. The van der Waals surface area contributed by atoms with Crippen LogP contribution in [0.2, 0.25) is 0 Å². The van der Waals surface area contributed by atoms with Crippen molar-refractivity contribution in [3.8, 4) is 11.5 Å². The number of ether oxygens (including phenoxy) is 2. The number of carbonyl (C=O) groups is 1. The molecule has 0 radical (unpaired) electrons. The Labute approximate surface area is 173 Å². The van der Waals surface area contributed by atoms with E-state index in [0.29, 0.717) is 6.54 Å². The number of allylic oxidation sites excluding steroid dienone is 2. The fourth-order valence-electron chi connectivity index (χ4n) is 4.08. The first-order valence-electron chi connectivity index (χ1n) is 9.83. The molecule has 5 rings (SSSR count). The summed E-state index contributed by atoms with van der Waals surface area (Å²) in [4.78, 5) is 20.0. The predicted octanol–water partition coefficient (Wildman–Crippen LogP) is 4.73. The van der Waals surface area contributed by atoms with Crippen molar-refractivity contribution in [1.82, 2.24) is 9.88 Å². The number of fused-ring (bicyclic) bond motifs is 2. The fraction of sp³-hybridized carbons (Fsp3) is 0.304. The highest BCUT2D eigenvalue weighted by Crippen LogP contribution is 2.39. The number of nitrogens with zero attached hydrogens (tertiary/aromatic N) is 2. The Bertz CT molecular complexity index is 1060. The lowest BCUT2D eigenvalue weighted by atomic mass is 9.82. The molecule has 5 nitrogen and oxygen atoms in total. The second-order valence-corrected chi connectivity index (χ2v) is 8.62. The van der Waals surface area contributed by atoms with E-state index in [1.54, 1.807) is 11.3 Å². The highest BCUT2D eigenvalue weighted by molar-refractivity contribution is 7.18. The van der Waals surface area contributed by atoms with Gasteiger partial charge in [-0.3, -0.25) is 4.79 Å². The van der Waals surface area contributed by atoms with E-state index in [1.807, 2.05) is 48.3 Å². The van der Waals surface area contributed by atoms with Crippen molar-refractivity contribution >= 4 is 27.5 Å². The number of amides is 1. The highest BCUT2D eigenvalue weighted by Gasteiger charge is 2.34.